The lowest BCUT2D eigenvalue weighted by Crippen LogP contribution is -2.36. The largest absolute Gasteiger partial charge is 0.363 e. The summed E-state index contributed by atoms with van der Waals surface area (Å²) in [7, 11) is 3.84. The number of halogens is 2. The Morgan fingerprint density at radius 1 is 1.25 bits per heavy atom. The van der Waals surface area contributed by atoms with Crippen molar-refractivity contribution in [1.82, 2.24) is 15.6 Å². The Morgan fingerprint density at radius 2 is 2.00 bits per heavy atom. The lowest BCUT2D eigenvalue weighted by atomic mass is 10.1. The molecule has 0 spiro atoms. The Labute approximate surface area is 152 Å². The van der Waals surface area contributed by atoms with Gasteiger partial charge in [-0.2, -0.15) is 0 Å². The summed E-state index contributed by atoms with van der Waals surface area (Å²) in [6.45, 7) is 2.28. The maximum atomic E-state index is 12.1. The Balaban J connectivity index is 1.92. The molecular formula is C17H20Cl2N4O. The zero-order valence-corrected chi connectivity index (χ0v) is 15.3. The van der Waals surface area contributed by atoms with Crippen LogP contribution in [0.1, 0.15) is 24.1 Å². The molecule has 0 aliphatic rings. The summed E-state index contributed by atoms with van der Waals surface area (Å²) in [5.41, 5.74) is 1.79. The maximum absolute atomic E-state index is 12.1. The number of anilines is 1. The van der Waals surface area contributed by atoms with Crippen molar-refractivity contribution in [2.24, 2.45) is 0 Å². The SMILES string of the molecule is CC(NC(=O)NCc1ccnc(N(C)C)c1)c1ccc(Cl)cc1Cl. The fourth-order valence-electron chi connectivity index (χ4n) is 2.18. The number of aromatic nitrogens is 1. The van der Waals surface area contributed by atoms with Crippen molar-refractivity contribution in [1.29, 1.82) is 0 Å². The summed E-state index contributed by atoms with van der Waals surface area (Å²) < 4.78 is 0. The highest BCUT2D eigenvalue weighted by Gasteiger charge is 2.13. The van der Waals surface area contributed by atoms with Crippen LogP contribution in [0.4, 0.5) is 10.6 Å². The molecule has 1 atom stereocenters. The molecule has 2 amide bonds. The van der Waals surface area contributed by atoms with Crippen LogP contribution in [0.3, 0.4) is 0 Å². The minimum atomic E-state index is -0.267. The highest BCUT2D eigenvalue weighted by Crippen LogP contribution is 2.25. The van der Waals surface area contributed by atoms with Gasteiger partial charge in [-0.15, -0.1) is 0 Å². The third kappa shape index (κ3) is 5.01. The Morgan fingerprint density at radius 3 is 2.67 bits per heavy atom. The van der Waals surface area contributed by atoms with Gasteiger partial charge in [0, 0.05) is 36.9 Å². The van der Waals surface area contributed by atoms with Gasteiger partial charge < -0.3 is 15.5 Å². The lowest BCUT2D eigenvalue weighted by molar-refractivity contribution is 0.237. The second-order valence-electron chi connectivity index (χ2n) is 5.63. The topological polar surface area (TPSA) is 57.3 Å². The lowest BCUT2D eigenvalue weighted by Gasteiger charge is -2.17. The first-order valence-electron chi connectivity index (χ1n) is 7.48. The summed E-state index contributed by atoms with van der Waals surface area (Å²) in [5.74, 6) is 0.844. The minimum absolute atomic E-state index is 0.232. The number of urea groups is 1. The van der Waals surface area contributed by atoms with Gasteiger partial charge in [0.15, 0.2) is 0 Å². The first-order valence-corrected chi connectivity index (χ1v) is 8.24. The predicted octanol–water partition coefficient (Wildman–Crippen LogP) is 4.01. The predicted molar refractivity (Wildman–Crippen MR) is 98.8 cm³/mol. The summed E-state index contributed by atoms with van der Waals surface area (Å²) in [6.07, 6.45) is 1.72. The Hall–Kier alpha value is -1.98. The standard InChI is InChI=1S/C17H20Cl2N4O/c1-11(14-5-4-13(18)9-15(14)19)22-17(24)21-10-12-6-7-20-16(8-12)23(2)3/h4-9,11H,10H2,1-3H3,(H2,21,22,24). The normalized spacial score (nSPS) is 11.7. The number of carbonyl (C=O) groups excluding carboxylic acids is 1. The van der Waals surface area contributed by atoms with Gasteiger partial charge in [-0.1, -0.05) is 29.3 Å². The van der Waals surface area contributed by atoms with Gasteiger partial charge in [-0.3, -0.25) is 0 Å². The fraction of sp³-hybridized carbons (Fsp3) is 0.294. The van der Waals surface area contributed by atoms with E-state index in [1.54, 1.807) is 18.3 Å². The average molecular weight is 367 g/mol. The van der Waals surface area contributed by atoms with Crippen molar-refractivity contribution in [2.75, 3.05) is 19.0 Å². The van der Waals surface area contributed by atoms with Gasteiger partial charge in [0.25, 0.3) is 0 Å². The monoisotopic (exact) mass is 366 g/mol. The zero-order chi connectivity index (χ0) is 17.7. The van der Waals surface area contributed by atoms with E-state index < -0.39 is 0 Å². The molecule has 2 rings (SSSR count). The van der Waals surface area contributed by atoms with Crippen LogP contribution in [0, 0.1) is 0 Å². The third-order valence-corrected chi connectivity index (χ3v) is 4.06. The van der Waals surface area contributed by atoms with E-state index in [-0.39, 0.29) is 12.1 Å². The van der Waals surface area contributed by atoms with Gasteiger partial charge in [0.05, 0.1) is 6.04 Å². The van der Waals surface area contributed by atoms with Crippen molar-refractivity contribution >= 4 is 35.1 Å². The van der Waals surface area contributed by atoms with E-state index in [9.17, 15) is 4.79 Å². The smallest absolute Gasteiger partial charge is 0.315 e. The molecule has 2 N–H and O–H groups in total. The molecule has 5 nitrogen and oxygen atoms in total. The molecule has 0 fully saturated rings. The number of nitrogens with one attached hydrogen (secondary N) is 2. The first-order chi connectivity index (χ1) is 11.4. The van der Waals surface area contributed by atoms with Gasteiger partial charge in [0.1, 0.15) is 5.82 Å². The molecule has 1 heterocycles. The quantitative estimate of drug-likeness (QED) is 0.840. The van der Waals surface area contributed by atoms with Gasteiger partial charge in [-0.25, -0.2) is 9.78 Å². The highest BCUT2D eigenvalue weighted by molar-refractivity contribution is 6.35. The van der Waals surface area contributed by atoms with Crippen LogP contribution >= 0.6 is 23.2 Å². The molecule has 7 heteroatoms. The molecule has 1 aromatic carbocycles. The summed E-state index contributed by atoms with van der Waals surface area (Å²) in [5, 5.41) is 6.78. The fourth-order valence-corrected chi connectivity index (χ4v) is 2.75. The number of pyridine rings is 1. The molecule has 24 heavy (non-hydrogen) atoms. The van der Waals surface area contributed by atoms with Crippen molar-refractivity contribution in [3.8, 4) is 0 Å². The van der Waals surface area contributed by atoms with Crippen LogP contribution in [0.25, 0.3) is 0 Å². The number of carbonyl (C=O) groups is 1. The zero-order valence-electron chi connectivity index (χ0n) is 13.8. The summed E-state index contributed by atoms with van der Waals surface area (Å²) in [6, 6.07) is 8.52. The average Bonchev–Trinajstić information content (AvgIpc) is 2.53. The minimum Gasteiger partial charge on any atom is -0.363 e. The molecule has 0 aliphatic carbocycles. The molecular weight excluding hydrogens is 347 g/mol. The third-order valence-electron chi connectivity index (χ3n) is 3.50. The number of benzene rings is 1. The van der Waals surface area contributed by atoms with Crippen molar-refractivity contribution in [3.63, 3.8) is 0 Å². The van der Waals surface area contributed by atoms with E-state index in [4.69, 9.17) is 23.2 Å². The number of amides is 2. The van der Waals surface area contributed by atoms with E-state index in [0.717, 1.165) is 16.9 Å². The van der Waals surface area contributed by atoms with Gasteiger partial charge in [0.2, 0.25) is 0 Å². The number of hydrogen-bond donors (Lipinski definition) is 2. The summed E-state index contributed by atoms with van der Waals surface area (Å²) in [4.78, 5) is 18.2. The maximum Gasteiger partial charge on any atom is 0.315 e. The van der Waals surface area contributed by atoms with Crippen LogP contribution in [-0.4, -0.2) is 25.1 Å². The van der Waals surface area contributed by atoms with Gasteiger partial charge in [-0.05, 0) is 42.3 Å². The first kappa shape index (κ1) is 18.4. The molecule has 128 valence electrons. The number of nitrogens with zero attached hydrogens (tertiary/aromatic N) is 2. The van der Waals surface area contributed by atoms with Gasteiger partial charge >= 0.3 is 6.03 Å². The van der Waals surface area contributed by atoms with Crippen molar-refractivity contribution < 1.29 is 4.79 Å². The Bertz CT molecular complexity index is 721. The molecule has 1 unspecified atom stereocenters. The van der Waals surface area contributed by atoms with Crippen LogP contribution in [-0.2, 0) is 6.54 Å². The number of rotatable bonds is 5. The van der Waals surface area contributed by atoms with E-state index in [1.165, 1.54) is 0 Å². The van der Waals surface area contributed by atoms with Crippen molar-refractivity contribution in [2.45, 2.75) is 19.5 Å². The van der Waals surface area contributed by atoms with Crippen LogP contribution in [0.2, 0.25) is 10.0 Å². The second kappa shape index (κ2) is 8.22. The molecule has 0 saturated heterocycles. The van der Waals surface area contributed by atoms with Crippen LogP contribution in [0.5, 0.6) is 0 Å². The molecule has 2 aromatic rings. The van der Waals surface area contributed by atoms with Crippen molar-refractivity contribution in [3.05, 3.63) is 57.7 Å². The van der Waals surface area contributed by atoms with Crippen LogP contribution < -0.4 is 15.5 Å². The van der Waals surface area contributed by atoms with E-state index >= 15 is 0 Å². The molecule has 1 aromatic heterocycles. The molecule has 0 saturated carbocycles. The molecule has 0 radical (unpaired) electrons. The summed E-state index contributed by atoms with van der Waals surface area (Å²) >= 11 is 12.0. The molecule has 0 bridgehead atoms. The van der Waals surface area contributed by atoms with E-state index in [0.29, 0.717) is 16.6 Å². The van der Waals surface area contributed by atoms with E-state index in [2.05, 4.69) is 15.6 Å². The Kier molecular flexibility index (Phi) is 6.29. The molecule has 0 aliphatic heterocycles. The number of hydrogen-bond acceptors (Lipinski definition) is 3. The van der Waals surface area contributed by atoms with Crippen LogP contribution in [0.15, 0.2) is 36.5 Å². The van der Waals surface area contributed by atoms with E-state index in [1.807, 2.05) is 44.1 Å². The second-order valence-corrected chi connectivity index (χ2v) is 6.47. The highest BCUT2D eigenvalue weighted by atomic mass is 35.5.